The highest BCUT2D eigenvalue weighted by Crippen LogP contribution is 2.33. The van der Waals surface area contributed by atoms with Gasteiger partial charge in [0, 0.05) is 31.0 Å². The van der Waals surface area contributed by atoms with Gasteiger partial charge in [-0.1, -0.05) is 20.8 Å². The van der Waals surface area contributed by atoms with E-state index in [1.54, 1.807) is 0 Å². The molecule has 2 aliphatic rings. The first-order valence-electron chi connectivity index (χ1n) is 8.50. The lowest BCUT2D eigenvalue weighted by Gasteiger charge is -2.40. The van der Waals surface area contributed by atoms with Crippen LogP contribution in [0, 0.1) is 17.3 Å². The maximum absolute atomic E-state index is 12.4. The van der Waals surface area contributed by atoms with Crippen molar-refractivity contribution < 1.29 is 9.53 Å². The van der Waals surface area contributed by atoms with Gasteiger partial charge in [-0.3, -0.25) is 4.79 Å². The summed E-state index contributed by atoms with van der Waals surface area (Å²) >= 11 is 0. The minimum Gasteiger partial charge on any atom is -0.377 e. The van der Waals surface area contributed by atoms with Crippen molar-refractivity contribution in [3.63, 3.8) is 0 Å². The van der Waals surface area contributed by atoms with Gasteiger partial charge >= 0.3 is 0 Å². The third-order valence-corrected chi connectivity index (χ3v) is 4.83. The van der Waals surface area contributed by atoms with Crippen LogP contribution in [0.4, 0.5) is 0 Å². The summed E-state index contributed by atoms with van der Waals surface area (Å²) in [5, 5.41) is 6.60. The zero-order valence-electron chi connectivity index (χ0n) is 14.5. The van der Waals surface area contributed by atoms with E-state index >= 15 is 0 Å². The standard InChI is InChI=1S/C17H32N2O2.ClH/c1-12-10-13(7-8-18-12)16(20)19-11-14-6-5-9-21-15(14)17(2,3)4;/h12-15,18H,5-11H2,1-4H3,(H,19,20);1H/t12-,13-,14?,15?;/m0./s1. The maximum atomic E-state index is 12.4. The van der Waals surface area contributed by atoms with E-state index in [0.29, 0.717) is 12.0 Å². The van der Waals surface area contributed by atoms with Gasteiger partial charge < -0.3 is 15.4 Å². The number of carbonyl (C=O) groups excluding carboxylic acids is 1. The van der Waals surface area contributed by atoms with Crippen LogP contribution < -0.4 is 10.6 Å². The van der Waals surface area contributed by atoms with Gasteiger partial charge in [-0.15, -0.1) is 12.4 Å². The smallest absolute Gasteiger partial charge is 0.223 e. The van der Waals surface area contributed by atoms with Crippen LogP contribution in [0.25, 0.3) is 0 Å². The summed E-state index contributed by atoms with van der Waals surface area (Å²) in [6.07, 6.45) is 4.43. The molecule has 0 saturated carbocycles. The summed E-state index contributed by atoms with van der Waals surface area (Å²) < 4.78 is 5.99. The Morgan fingerprint density at radius 2 is 2.05 bits per heavy atom. The van der Waals surface area contributed by atoms with Crippen LogP contribution in [-0.4, -0.2) is 37.7 Å². The lowest BCUT2D eigenvalue weighted by molar-refractivity contribution is -0.127. The molecule has 2 aliphatic heterocycles. The first-order valence-corrected chi connectivity index (χ1v) is 8.50. The lowest BCUT2D eigenvalue weighted by Crippen LogP contribution is -2.47. The Hall–Kier alpha value is -0.320. The number of hydrogen-bond donors (Lipinski definition) is 2. The van der Waals surface area contributed by atoms with Gasteiger partial charge in [-0.25, -0.2) is 0 Å². The number of halogens is 1. The molecule has 2 fully saturated rings. The average Bonchev–Trinajstić information content (AvgIpc) is 2.44. The second-order valence-corrected chi connectivity index (χ2v) is 7.88. The van der Waals surface area contributed by atoms with Gasteiger partial charge in [0.15, 0.2) is 0 Å². The van der Waals surface area contributed by atoms with Crippen LogP contribution in [0.2, 0.25) is 0 Å². The van der Waals surface area contributed by atoms with Crippen molar-refractivity contribution in [2.45, 2.75) is 65.5 Å². The normalized spacial score (nSPS) is 32.9. The summed E-state index contributed by atoms with van der Waals surface area (Å²) in [4.78, 5) is 12.4. The summed E-state index contributed by atoms with van der Waals surface area (Å²) in [5.41, 5.74) is 0.138. The fraction of sp³-hybridized carbons (Fsp3) is 0.941. The predicted molar refractivity (Wildman–Crippen MR) is 92.4 cm³/mol. The molecule has 4 atom stereocenters. The Balaban J connectivity index is 0.00000242. The molecular weight excluding hydrogens is 300 g/mol. The lowest BCUT2D eigenvalue weighted by atomic mass is 9.78. The van der Waals surface area contributed by atoms with E-state index in [1.165, 1.54) is 0 Å². The van der Waals surface area contributed by atoms with Crippen LogP contribution in [0.3, 0.4) is 0 Å². The van der Waals surface area contributed by atoms with Crippen molar-refractivity contribution in [3.05, 3.63) is 0 Å². The maximum Gasteiger partial charge on any atom is 0.223 e. The van der Waals surface area contributed by atoms with Crippen LogP contribution in [-0.2, 0) is 9.53 Å². The number of amides is 1. The summed E-state index contributed by atoms with van der Waals surface area (Å²) in [6.45, 7) is 11.4. The number of ether oxygens (including phenoxy) is 1. The molecule has 2 rings (SSSR count). The van der Waals surface area contributed by atoms with Gasteiger partial charge in [-0.2, -0.15) is 0 Å². The van der Waals surface area contributed by atoms with Crippen LogP contribution in [0.1, 0.15) is 53.4 Å². The second kappa shape index (κ2) is 8.51. The molecule has 2 unspecified atom stereocenters. The average molecular weight is 333 g/mol. The molecule has 0 radical (unpaired) electrons. The molecule has 2 N–H and O–H groups in total. The largest absolute Gasteiger partial charge is 0.377 e. The van der Waals surface area contributed by atoms with Crippen molar-refractivity contribution in [3.8, 4) is 0 Å². The van der Waals surface area contributed by atoms with Gasteiger partial charge in [0.05, 0.1) is 6.10 Å². The summed E-state index contributed by atoms with van der Waals surface area (Å²) in [6, 6.07) is 0.454. The van der Waals surface area contributed by atoms with Crippen molar-refractivity contribution >= 4 is 18.3 Å². The third kappa shape index (κ3) is 5.39. The van der Waals surface area contributed by atoms with E-state index in [1.807, 2.05) is 0 Å². The molecule has 0 aromatic heterocycles. The van der Waals surface area contributed by atoms with Gasteiger partial charge in [0.2, 0.25) is 5.91 Å². The Kier molecular flexibility index (Phi) is 7.63. The highest BCUT2D eigenvalue weighted by molar-refractivity contribution is 5.85. The summed E-state index contributed by atoms with van der Waals surface area (Å²) in [7, 11) is 0. The van der Waals surface area contributed by atoms with Crippen LogP contribution in [0.15, 0.2) is 0 Å². The SMILES string of the molecule is C[C@H]1C[C@@H](C(=O)NCC2CCCOC2C(C)(C)C)CCN1.Cl. The molecule has 130 valence electrons. The Morgan fingerprint density at radius 1 is 1.32 bits per heavy atom. The second-order valence-electron chi connectivity index (χ2n) is 7.88. The van der Waals surface area contributed by atoms with Crippen molar-refractivity contribution in [1.82, 2.24) is 10.6 Å². The topological polar surface area (TPSA) is 50.4 Å². The van der Waals surface area contributed by atoms with E-state index in [2.05, 4.69) is 38.3 Å². The highest BCUT2D eigenvalue weighted by Gasteiger charge is 2.36. The van der Waals surface area contributed by atoms with Crippen LogP contribution >= 0.6 is 12.4 Å². The fourth-order valence-corrected chi connectivity index (χ4v) is 3.76. The molecular formula is C17H33ClN2O2. The molecule has 2 heterocycles. The molecule has 5 heteroatoms. The van der Waals surface area contributed by atoms with Crippen LogP contribution in [0.5, 0.6) is 0 Å². The molecule has 0 aromatic carbocycles. The van der Waals surface area contributed by atoms with E-state index in [-0.39, 0.29) is 35.8 Å². The van der Waals surface area contributed by atoms with E-state index < -0.39 is 0 Å². The number of piperidine rings is 1. The Labute approximate surface area is 141 Å². The molecule has 4 nitrogen and oxygen atoms in total. The zero-order chi connectivity index (χ0) is 15.5. The Bertz CT molecular complexity index is 357. The highest BCUT2D eigenvalue weighted by atomic mass is 35.5. The monoisotopic (exact) mass is 332 g/mol. The first kappa shape index (κ1) is 19.7. The quantitative estimate of drug-likeness (QED) is 0.835. The number of carbonyl (C=O) groups is 1. The molecule has 0 spiro atoms. The number of hydrogen-bond acceptors (Lipinski definition) is 3. The van der Waals surface area contributed by atoms with Gasteiger partial charge in [-0.05, 0) is 44.6 Å². The number of rotatable bonds is 3. The molecule has 0 aliphatic carbocycles. The summed E-state index contributed by atoms with van der Waals surface area (Å²) in [5.74, 6) is 0.863. The minimum absolute atomic E-state index is 0. The molecule has 0 aromatic rings. The first-order chi connectivity index (χ1) is 9.88. The van der Waals surface area contributed by atoms with E-state index in [9.17, 15) is 4.79 Å². The number of nitrogens with one attached hydrogen (secondary N) is 2. The van der Waals surface area contributed by atoms with Gasteiger partial charge in [0.1, 0.15) is 0 Å². The third-order valence-electron chi connectivity index (χ3n) is 4.83. The van der Waals surface area contributed by atoms with Crippen molar-refractivity contribution in [2.24, 2.45) is 17.3 Å². The van der Waals surface area contributed by atoms with Crippen molar-refractivity contribution in [2.75, 3.05) is 19.7 Å². The minimum atomic E-state index is 0. The van der Waals surface area contributed by atoms with E-state index in [4.69, 9.17) is 4.74 Å². The molecule has 22 heavy (non-hydrogen) atoms. The molecule has 1 amide bonds. The van der Waals surface area contributed by atoms with Crippen molar-refractivity contribution in [1.29, 1.82) is 0 Å². The van der Waals surface area contributed by atoms with E-state index in [0.717, 1.165) is 45.4 Å². The predicted octanol–water partition coefficient (Wildman–Crippen LogP) is 2.75. The van der Waals surface area contributed by atoms with Gasteiger partial charge in [0.25, 0.3) is 0 Å². The zero-order valence-corrected chi connectivity index (χ0v) is 15.3. The Morgan fingerprint density at radius 3 is 2.68 bits per heavy atom. The molecule has 2 saturated heterocycles. The molecule has 0 bridgehead atoms. The fourth-order valence-electron chi connectivity index (χ4n) is 3.76.